The molecular formula is C11H14N2O2S. The lowest BCUT2D eigenvalue weighted by Gasteiger charge is -2.30. The fourth-order valence-electron chi connectivity index (χ4n) is 2.29. The average molecular weight is 238 g/mol. The van der Waals surface area contributed by atoms with E-state index in [4.69, 9.17) is 5.11 Å². The van der Waals surface area contributed by atoms with Crippen LogP contribution in [0.5, 0.6) is 0 Å². The lowest BCUT2D eigenvalue weighted by atomic mass is 9.91. The van der Waals surface area contributed by atoms with Crippen molar-refractivity contribution in [1.82, 2.24) is 4.98 Å². The summed E-state index contributed by atoms with van der Waals surface area (Å²) in [7, 11) is 0. The molecule has 16 heavy (non-hydrogen) atoms. The lowest BCUT2D eigenvalue weighted by molar-refractivity contribution is -0.139. The Labute approximate surface area is 97.9 Å². The number of aromatic nitrogens is 1. The summed E-state index contributed by atoms with van der Waals surface area (Å²) in [6.07, 6.45) is 3.95. The Kier molecular flexibility index (Phi) is 2.35. The van der Waals surface area contributed by atoms with Gasteiger partial charge in [-0.25, -0.2) is 4.98 Å². The summed E-state index contributed by atoms with van der Waals surface area (Å²) >= 11 is 1.69. The summed E-state index contributed by atoms with van der Waals surface area (Å²) < 4.78 is 0. The number of hydrogen-bond donors (Lipinski definition) is 1. The molecule has 1 aromatic heterocycles. The zero-order valence-electron chi connectivity index (χ0n) is 8.98. The van der Waals surface area contributed by atoms with Crippen LogP contribution in [-0.4, -0.2) is 29.1 Å². The summed E-state index contributed by atoms with van der Waals surface area (Å²) in [4.78, 5) is 19.1. The van der Waals surface area contributed by atoms with Gasteiger partial charge >= 0.3 is 5.97 Å². The van der Waals surface area contributed by atoms with E-state index in [0.29, 0.717) is 0 Å². The number of carbonyl (C=O) groups is 1. The first kappa shape index (κ1) is 10.1. The van der Waals surface area contributed by atoms with E-state index >= 15 is 0 Å². The molecule has 1 fully saturated rings. The van der Waals surface area contributed by atoms with Crippen LogP contribution in [0.3, 0.4) is 0 Å². The fraction of sp³-hybridized carbons (Fsp3) is 0.636. The Morgan fingerprint density at radius 2 is 2.25 bits per heavy atom. The molecule has 4 nitrogen and oxygen atoms in total. The molecule has 2 aliphatic rings. The number of aliphatic carboxylic acids is 1. The first-order chi connectivity index (χ1) is 7.75. The minimum atomic E-state index is -0.721. The minimum Gasteiger partial charge on any atom is -0.481 e. The van der Waals surface area contributed by atoms with Crippen molar-refractivity contribution in [3.05, 3.63) is 10.6 Å². The zero-order valence-corrected chi connectivity index (χ0v) is 9.79. The number of aryl methyl sites for hydroxylation is 1. The molecule has 1 N–H and O–H groups in total. The Morgan fingerprint density at radius 1 is 1.44 bits per heavy atom. The third-order valence-electron chi connectivity index (χ3n) is 3.37. The molecule has 2 heterocycles. The van der Waals surface area contributed by atoms with Crippen LogP contribution in [-0.2, 0) is 11.2 Å². The second-order valence-corrected chi connectivity index (χ2v) is 5.49. The summed E-state index contributed by atoms with van der Waals surface area (Å²) in [6, 6.07) is 0. The van der Waals surface area contributed by atoms with Gasteiger partial charge < -0.3 is 10.0 Å². The quantitative estimate of drug-likeness (QED) is 0.854. The Bertz CT molecular complexity index is 426. The molecule has 1 saturated heterocycles. The summed E-state index contributed by atoms with van der Waals surface area (Å²) in [5.74, 6) is -1.09. The second-order valence-electron chi connectivity index (χ2n) is 4.43. The predicted molar refractivity (Wildman–Crippen MR) is 62.3 cm³/mol. The highest BCUT2D eigenvalue weighted by molar-refractivity contribution is 7.15. The van der Waals surface area contributed by atoms with Gasteiger partial charge in [-0.15, -0.1) is 11.3 Å². The first-order valence-corrected chi connectivity index (χ1v) is 6.54. The molecule has 0 amide bonds. The van der Waals surface area contributed by atoms with E-state index in [2.05, 4.69) is 9.88 Å². The number of nitrogens with zero attached hydrogens (tertiary/aromatic N) is 2. The standard InChI is InChI=1S/C11H14N2O2S/c14-10(15)7-3-1-4-8-9(7)12-11(16-8)13-5-2-6-13/h7H,1-6H2,(H,14,15). The van der Waals surface area contributed by atoms with Gasteiger partial charge in [0, 0.05) is 18.0 Å². The molecule has 1 aliphatic heterocycles. The number of thiazole rings is 1. The summed E-state index contributed by atoms with van der Waals surface area (Å²) in [5, 5.41) is 10.2. The average Bonchev–Trinajstić information content (AvgIpc) is 2.56. The van der Waals surface area contributed by atoms with Gasteiger partial charge in [0.2, 0.25) is 0 Å². The van der Waals surface area contributed by atoms with E-state index in [1.54, 1.807) is 11.3 Å². The van der Waals surface area contributed by atoms with Gasteiger partial charge in [-0.2, -0.15) is 0 Å². The molecule has 86 valence electrons. The normalized spacial score (nSPS) is 23.8. The van der Waals surface area contributed by atoms with Crippen LogP contribution < -0.4 is 4.90 Å². The summed E-state index contributed by atoms with van der Waals surface area (Å²) in [6.45, 7) is 2.15. The predicted octanol–water partition coefficient (Wildman–Crippen LogP) is 1.86. The molecule has 1 aromatic rings. The van der Waals surface area contributed by atoms with Crippen LogP contribution in [0.2, 0.25) is 0 Å². The van der Waals surface area contributed by atoms with E-state index in [0.717, 1.165) is 43.2 Å². The molecule has 0 aromatic carbocycles. The molecule has 1 aliphatic carbocycles. The van der Waals surface area contributed by atoms with Gasteiger partial charge in [-0.3, -0.25) is 4.79 Å². The number of hydrogen-bond acceptors (Lipinski definition) is 4. The van der Waals surface area contributed by atoms with Crippen LogP contribution in [0.4, 0.5) is 5.13 Å². The minimum absolute atomic E-state index is 0.366. The van der Waals surface area contributed by atoms with Crippen molar-refractivity contribution in [2.24, 2.45) is 0 Å². The van der Waals surface area contributed by atoms with Crippen molar-refractivity contribution in [3.63, 3.8) is 0 Å². The van der Waals surface area contributed by atoms with E-state index < -0.39 is 5.97 Å². The van der Waals surface area contributed by atoms with E-state index in [1.807, 2.05) is 0 Å². The number of carboxylic acid groups (broad SMARTS) is 1. The van der Waals surface area contributed by atoms with Crippen LogP contribution in [0.15, 0.2) is 0 Å². The zero-order chi connectivity index (χ0) is 11.1. The molecule has 1 unspecified atom stereocenters. The van der Waals surface area contributed by atoms with Crippen molar-refractivity contribution in [1.29, 1.82) is 0 Å². The lowest BCUT2D eigenvalue weighted by Crippen LogP contribution is -2.36. The highest BCUT2D eigenvalue weighted by Crippen LogP contribution is 2.38. The number of rotatable bonds is 2. The highest BCUT2D eigenvalue weighted by Gasteiger charge is 2.31. The Hall–Kier alpha value is -1.10. The third-order valence-corrected chi connectivity index (χ3v) is 4.56. The Balaban J connectivity index is 1.94. The van der Waals surface area contributed by atoms with E-state index in [-0.39, 0.29) is 5.92 Å². The highest BCUT2D eigenvalue weighted by atomic mass is 32.1. The summed E-state index contributed by atoms with van der Waals surface area (Å²) in [5.41, 5.74) is 0.839. The van der Waals surface area contributed by atoms with Crippen molar-refractivity contribution in [3.8, 4) is 0 Å². The van der Waals surface area contributed by atoms with Crippen LogP contribution in [0.25, 0.3) is 0 Å². The molecule has 0 bridgehead atoms. The van der Waals surface area contributed by atoms with Crippen molar-refractivity contribution in [2.75, 3.05) is 18.0 Å². The number of anilines is 1. The Morgan fingerprint density at radius 3 is 2.88 bits per heavy atom. The van der Waals surface area contributed by atoms with Crippen molar-refractivity contribution in [2.45, 2.75) is 31.6 Å². The first-order valence-electron chi connectivity index (χ1n) is 5.73. The fourth-order valence-corrected chi connectivity index (χ4v) is 3.50. The third kappa shape index (κ3) is 1.50. The number of carboxylic acids is 1. The van der Waals surface area contributed by atoms with Crippen LogP contribution in [0.1, 0.15) is 35.8 Å². The maximum Gasteiger partial charge on any atom is 0.312 e. The molecule has 1 atom stereocenters. The molecule has 0 radical (unpaired) electrons. The van der Waals surface area contributed by atoms with Gasteiger partial charge in [0.25, 0.3) is 0 Å². The molecule has 5 heteroatoms. The largest absolute Gasteiger partial charge is 0.481 e. The van der Waals surface area contributed by atoms with Gasteiger partial charge in [0.1, 0.15) is 5.92 Å². The van der Waals surface area contributed by atoms with Gasteiger partial charge in [0.05, 0.1) is 5.69 Å². The van der Waals surface area contributed by atoms with Crippen LogP contribution >= 0.6 is 11.3 Å². The van der Waals surface area contributed by atoms with E-state index in [1.165, 1.54) is 11.3 Å². The second kappa shape index (κ2) is 3.73. The van der Waals surface area contributed by atoms with Crippen LogP contribution in [0, 0.1) is 0 Å². The molecule has 3 rings (SSSR count). The number of fused-ring (bicyclic) bond motifs is 1. The molecular weight excluding hydrogens is 224 g/mol. The van der Waals surface area contributed by atoms with Gasteiger partial charge in [-0.05, 0) is 25.7 Å². The SMILES string of the molecule is O=C(O)C1CCCc2sc(N3CCC3)nc21. The topological polar surface area (TPSA) is 53.4 Å². The maximum atomic E-state index is 11.1. The smallest absolute Gasteiger partial charge is 0.312 e. The van der Waals surface area contributed by atoms with Gasteiger partial charge in [0.15, 0.2) is 5.13 Å². The molecule has 0 saturated carbocycles. The monoisotopic (exact) mass is 238 g/mol. The van der Waals surface area contributed by atoms with Crippen molar-refractivity contribution < 1.29 is 9.90 Å². The van der Waals surface area contributed by atoms with E-state index in [9.17, 15) is 4.79 Å². The molecule has 0 spiro atoms. The maximum absolute atomic E-state index is 11.1. The van der Waals surface area contributed by atoms with Gasteiger partial charge in [-0.1, -0.05) is 0 Å². The van der Waals surface area contributed by atoms with Crippen molar-refractivity contribution >= 4 is 22.4 Å².